The summed E-state index contributed by atoms with van der Waals surface area (Å²) < 4.78 is 0. The number of halogens is 1. The fourth-order valence-electron chi connectivity index (χ4n) is 2.99. The fourth-order valence-corrected chi connectivity index (χ4v) is 3.20. The van der Waals surface area contributed by atoms with E-state index >= 15 is 0 Å². The molecule has 1 aliphatic carbocycles. The smallest absolute Gasteiger partial charge is 0.0761 e. The highest BCUT2D eigenvalue weighted by molar-refractivity contribution is 6.35. The largest absolute Gasteiger partial charge is 0.310 e. The Labute approximate surface area is 119 Å². The average Bonchev–Trinajstić information content (AvgIpc) is 2.84. The summed E-state index contributed by atoms with van der Waals surface area (Å²) in [4.78, 5) is 4.48. The minimum Gasteiger partial charge on any atom is -0.310 e. The number of pyridine rings is 1. The van der Waals surface area contributed by atoms with Crippen LogP contribution in [0.1, 0.15) is 31.7 Å². The Morgan fingerprint density at radius 3 is 3.00 bits per heavy atom. The lowest BCUT2D eigenvalue weighted by molar-refractivity contribution is 0.503. The summed E-state index contributed by atoms with van der Waals surface area (Å²) in [5.74, 6) is 0.859. The molecule has 2 aromatic rings. The Balaban J connectivity index is 1.79. The number of benzene rings is 1. The van der Waals surface area contributed by atoms with E-state index in [4.69, 9.17) is 11.6 Å². The molecule has 1 fully saturated rings. The summed E-state index contributed by atoms with van der Waals surface area (Å²) in [6.07, 6.45) is 5.76. The summed E-state index contributed by atoms with van der Waals surface area (Å²) in [6.45, 7) is 3.21. The van der Waals surface area contributed by atoms with E-state index < -0.39 is 0 Å². The Bertz CT molecular complexity index is 582. The molecule has 2 atom stereocenters. The predicted molar refractivity (Wildman–Crippen MR) is 80.4 cm³/mol. The van der Waals surface area contributed by atoms with E-state index in [1.807, 2.05) is 24.4 Å². The van der Waals surface area contributed by atoms with Gasteiger partial charge >= 0.3 is 0 Å². The van der Waals surface area contributed by atoms with Crippen molar-refractivity contribution in [3.63, 3.8) is 0 Å². The lowest BCUT2D eigenvalue weighted by Gasteiger charge is -2.13. The Kier molecular flexibility index (Phi) is 3.72. The van der Waals surface area contributed by atoms with Gasteiger partial charge in [-0.05, 0) is 48.9 Å². The van der Waals surface area contributed by atoms with E-state index in [-0.39, 0.29) is 0 Å². The molecule has 1 aromatic heterocycles. The number of rotatable bonds is 3. The van der Waals surface area contributed by atoms with Crippen LogP contribution in [0.3, 0.4) is 0 Å². The first-order valence-electron chi connectivity index (χ1n) is 6.99. The van der Waals surface area contributed by atoms with Crippen LogP contribution in [0.5, 0.6) is 0 Å². The molecule has 0 bridgehead atoms. The average molecular weight is 275 g/mol. The second-order valence-electron chi connectivity index (χ2n) is 5.60. The molecular weight excluding hydrogens is 256 g/mol. The first-order valence-corrected chi connectivity index (χ1v) is 7.37. The Hall–Kier alpha value is -1.12. The molecule has 0 spiro atoms. The van der Waals surface area contributed by atoms with E-state index in [0.29, 0.717) is 6.04 Å². The van der Waals surface area contributed by atoms with Crippen LogP contribution in [-0.2, 0) is 6.54 Å². The molecule has 0 aliphatic heterocycles. The highest BCUT2D eigenvalue weighted by atomic mass is 35.5. The van der Waals surface area contributed by atoms with Crippen LogP contribution >= 0.6 is 11.6 Å². The molecule has 19 heavy (non-hydrogen) atoms. The van der Waals surface area contributed by atoms with Gasteiger partial charge in [-0.3, -0.25) is 4.98 Å². The SMILES string of the molecule is CC1CCC(NCc2ccc(Cl)c3cccnc23)C1. The molecule has 2 unspecified atom stereocenters. The van der Waals surface area contributed by atoms with Crippen molar-refractivity contribution >= 4 is 22.5 Å². The van der Waals surface area contributed by atoms with Crippen molar-refractivity contribution in [3.8, 4) is 0 Å². The van der Waals surface area contributed by atoms with E-state index in [1.165, 1.54) is 24.8 Å². The Morgan fingerprint density at radius 1 is 1.32 bits per heavy atom. The van der Waals surface area contributed by atoms with Gasteiger partial charge in [0.1, 0.15) is 0 Å². The minimum absolute atomic E-state index is 0.657. The first kappa shape index (κ1) is 12.9. The van der Waals surface area contributed by atoms with Gasteiger partial charge in [0.15, 0.2) is 0 Å². The zero-order valence-electron chi connectivity index (χ0n) is 11.2. The predicted octanol–water partition coefficient (Wildman–Crippen LogP) is 4.17. The van der Waals surface area contributed by atoms with Crippen molar-refractivity contribution in [1.29, 1.82) is 0 Å². The first-order chi connectivity index (χ1) is 9.24. The van der Waals surface area contributed by atoms with Crippen LogP contribution in [0.4, 0.5) is 0 Å². The van der Waals surface area contributed by atoms with Crippen LogP contribution in [0.2, 0.25) is 5.02 Å². The van der Waals surface area contributed by atoms with Crippen LogP contribution in [-0.4, -0.2) is 11.0 Å². The lowest BCUT2D eigenvalue weighted by Crippen LogP contribution is -2.25. The van der Waals surface area contributed by atoms with Gasteiger partial charge in [-0.2, -0.15) is 0 Å². The lowest BCUT2D eigenvalue weighted by atomic mass is 10.1. The summed E-state index contributed by atoms with van der Waals surface area (Å²) in [5.41, 5.74) is 2.26. The highest BCUT2D eigenvalue weighted by Crippen LogP contribution is 2.27. The summed E-state index contributed by atoms with van der Waals surface area (Å²) >= 11 is 6.21. The number of hydrogen-bond donors (Lipinski definition) is 1. The third kappa shape index (κ3) is 2.75. The number of nitrogens with one attached hydrogen (secondary N) is 1. The van der Waals surface area contributed by atoms with E-state index in [2.05, 4.69) is 23.3 Å². The van der Waals surface area contributed by atoms with Gasteiger partial charge in [0.05, 0.1) is 5.52 Å². The Morgan fingerprint density at radius 2 is 2.21 bits per heavy atom. The molecule has 3 heteroatoms. The number of hydrogen-bond acceptors (Lipinski definition) is 2. The number of nitrogens with zero attached hydrogens (tertiary/aromatic N) is 1. The molecule has 2 nitrogen and oxygen atoms in total. The van der Waals surface area contributed by atoms with Gasteiger partial charge in [-0.1, -0.05) is 24.6 Å². The van der Waals surface area contributed by atoms with E-state index in [0.717, 1.165) is 28.4 Å². The maximum Gasteiger partial charge on any atom is 0.0761 e. The molecule has 1 N–H and O–H groups in total. The molecule has 100 valence electrons. The van der Waals surface area contributed by atoms with Crippen molar-refractivity contribution in [2.45, 2.75) is 38.8 Å². The molecule has 1 saturated carbocycles. The molecule has 3 rings (SSSR count). The molecule has 0 amide bonds. The molecule has 1 aliphatic rings. The third-order valence-electron chi connectivity index (χ3n) is 4.08. The van der Waals surface area contributed by atoms with E-state index in [9.17, 15) is 0 Å². The molecule has 1 aromatic carbocycles. The van der Waals surface area contributed by atoms with Crippen molar-refractivity contribution in [1.82, 2.24) is 10.3 Å². The van der Waals surface area contributed by atoms with Crippen LogP contribution < -0.4 is 5.32 Å². The van der Waals surface area contributed by atoms with Gasteiger partial charge < -0.3 is 5.32 Å². The van der Waals surface area contributed by atoms with Gasteiger partial charge in [-0.15, -0.1) is 0 Å². The molecular formula is C16H19ClN2. The van der Waals surface area contributed by atoms with Crippen LogP contribution in [0.25, 0.3) is 10.9 Å². The maximum absolute atomic E-state index is 6.21. The second kappa shape index (κ2) is 5.48. The summed E-state index contributed by atoms with van der Waals surface area (Å²) in [6, 6.07) is 8.68. The quantitative estimate of drug-likeness (QED) is 0.909. The monoisotopic (exact) mass is 274 g/mol. The summed E-state index contributed by atoms with van der Waals surface area (Å²) in [7, 11) is 0. The third-order valence-corrected chi connectivity index (χ3v) is 4.41. The van der Waals surface area contributed by atoms with Gasteiger partial charge in [0.25, 0.3) is 0 Å². The van der Waals surface area contributed by atoms with Gasteiger partial charge in [-0.25, -0.2) is 0 Å². The van der Waals surface area contributed by atoms with Crippen molar-refractivity contribution in [2.24, 2.45) is 5.92 Å². The standard InChI is InChI=1S/C16H19ClN2/c1-11-4-6-13(9-11)19-10-12-5-7-15(17)14-3-2-8-18-16(12)14/h2-3,5,7-8,11,13,19H,4,6,9-10H2,1H3. The van der Waals surface area contributed by atoms with Gasteiger partial charge in [0.2, 0.25) is 0 Å². The topological polar surface area (TPSA) is 24.9 Å². The number of fused-ring (bicyclic) bond motifs is 1. The molecule has 1 heterocycles. The molecule has 0 saturated heterocycles. The maximum atomic E-state index is 6.21. The van der Waals surface area contributed by atoms with Crippen molar-refractivity contribution < 1.29 is 0 Å². The fraction of sp³-hybridized carbons (Fsp3) is 0.438. The van der Waals surface area contributed by atoms with Crippen LogP contribution in [0.15, 0.2) is 30.5 Å². The molecule has 0 radical (unpaired) electrons. The minimum atomic E-state index is 0.657. The number of aromatic nitrogens is 1. The zero-order chi connectivity index (χ0) is 13.2. The normalized spacial score (nSPS) is 23.1. The van der Waals surface area contributed by atoms with Crippen molar-refractivity contribution in [2.75, 3.05) is 0 Å². The second-order valence-corrected chi connectivity index (χ2v) is 6.01. The summed E-state index contributed by atoms with van der Waals surface area (Å²) in [5, 5.41) is 5.48. The highest BCUT2D eigenvalue weighted by Gasteiger charge is 2.20. The van der Waals surface area contributed by atoms with E-state index in [1.54, 1.807) is 0 Å². The zero-order valence-corrected chi connectivity index (χ0v) is 12.0. The van der Waals surface area contributed by atoms with Crippen LogP contribution in [0, 0.1) is 5.92 Å². The van der Waals surface area contributed by atoms with Gasteiger partial charge in [0, 0.05) is 29.2 Å². The van der Waals surface area contributed by atoms with Crippen molar-refractivity contribution in [3.05, 3.63) is 41.0 Å².